The zero-order valence-electron chi connectivity index (χ0n) is 15.9. The van der Waals surface area contributed by atoms with Gasteiger partial charge in [-0.05, 0) is 64.0 Å². The Labute approximate surface area is 202 Å². The molecule has 0 bridgehead atoms. The van der Waals surface area contributed by atoms with Crippen molar-refractivity contribution in [1.29, 1.82) is 0 Å². The first-order valence-corrected chi connectivity index (χ1v) is 11.1. The quantitative estimate of drug-likeness (QED) is 0.212. The van der Waals surface area contributed by atoms with Crippen LogP contribution < -0.4 is 4.74 Å². The number of hydrogen-bond donors (Lipinski definition) is 1. The predicted molar refractivity (Wildman–Crippen MR) is 131 cm³/mol. The highest BCUT2D eigenvalue weighted by Crippen LogP contribution is 2.28. The molecule has 1 N–H and O–H groups in total. The fourth-order valence-electron chi connectivity index (χ4n) is 2.81. The van der Waals surface area contributed by atoms with Crippen molar-refractivity contribution < 1.29 is 4.74 Å². The lowest BCUT2D eigenvalue weighted by molar-refractivity contribution is 0.304. The van der Waals surface area contributed by atoms with Crippen LogP contribution in [-0.2, 0) is 6.61 Å². The van der Waals surface area contributed by atoms with Gasteiger partial charge in [0.1, 0.15) is 12.4 Å². The molecule has 0 spiro atoms. The molecule has 0 atom stereocenters. The van der Waals surface area contributed by atoms with Gasteiger partial charge in [-0.1, -0.05) is 59.6 Å². The molecule has 3 aromatic carbocycles. The smallest absolute Gasteiger partial charge is 0.216 e. The van der Waals surface area contributed by atoms with Crippen LogP contribution in [0.5, 0.6) is 5.75 Å². The van der Waals surface area contributed by atoms with Gasteiger partial charge in [-0.2, -0.15) is 14.9 Å². The minimum Gasteiger partial charge on any atom is -0.488 e. The van der Waals surface area contributed by atoms with Crippen LogP contribution in [0.1, 0.15) is 11.1 Å². The Bertz CT molecular complexity index is 1300. The maximum absolute atomic E-state index is 6.21. The van der Waals surface area contributed by atoms with E-state index >= 15 is 0 Å². The first-order chi connectivity index (χ1) is 15.0. The Balaban J connectivity index is 1.51. The Morgan fingerprint density at radius 2 is 1.90 bits per heavy atom. The van der Waals surface area contributed by atoms with Crippen molar-refractivity contribution in [2.75, 3.05) is 0 Å². The summed E-state index contributed by atoms with van der Waals surface area (Å²) in [5, 5.41) is 12.7. The number of rotatable bonds is 6. The van der Waals surface area contributed by atoms with Crippen LogP contribution in [0.3, 0.4) is 0 Å². The average Bonchev–Trinajstić information content (AvgIpc) is 3.13. The van der Waals surface area contributed by atoms with Gasteiger partial charge in [-0.25, -0.2) is 5.10 Å². The maximum atomic E-state index is 6.21. The molecule has 4 rings (SSSR count). The van der Waals surface area contributed by atoms with Crippen molar-refractivity contribution in [3.63, 3.8) is 0 Å². The summed E-state index contributed by atoms with van der Waals surface area (Å²) < 4.78 is 8.68. The van der Waals surface area contributed by atoms with Gasteiger partial charge < -0.3 is 4.74 Å². The number of aromatic amines is 1. The summed E-state index contributed by atoms with van der Waals surface area (Å²) in [5.74, 6) is 1.33. The Hall–Kier alpha value is -2.45. The van der Waals surface area contributed by atoms with Gasteiger partial charge >= 0.3 is 0 Å². The number of hydrogen-bond acceptors (Lipinski definition) is 4. The fraction of sp³-hybridized carbons (Fsp3) is 0.0455. The van der Waals surface area contributed by atoms with Crippen LogP contribution in [0.2, 0.25) is 10.0 Å². The normalized spacial score (nSPS) is 11.2. The van der Waals surface area contributed by atoms with Crippen molar-refractivity contribution >= 4 is 57.6 Å². The number of benzene rings is 3. The van der Waals surface area contributed by atoms with Gasteiger partial charge in [0.05, 0.1) is 10.7 Å². The number of nitrogens with zero attached hydrogens (tertiary/aromatic N) is 3. The van der Waals surface area contributed by atoms with E-state index < -0.39 is 0 Å². The van der Waals surface area contributed by atoms with Gasteiger partial charge in [-0.3, -0.25) is 0 Å². The van der Waals surface area contributed by atoms with Gasteiger partial charge in [0.25, 0.3) is 0 Å². The molecule has 0 aliphatic rings. The van der Waals surface area contributed by atoms with Gasteiger partial charge in [-0.15, -0.1) is 0 Å². The average molecular weight is 534 g/mol. The minimum atomic E-state index is 0.326. The standard InChI is InChI=1S/C22H15BrCl2N4OS/c23-18-10-14(6-9-20(18)30-13-16-7-8-17(24)11-19(16)25)12-26-29-21(27-28-22(29)31)15-4-2-1-3-5-15/h1-12H,13H2,(H,28,31)/b26-12-. The Kier molecular flexibility index (Phi) is 6.87. The highest BCUT2D eigenvalue weighted by atomic mass is 79.9. The molecule has 0 aliphatic heterocycles. The van der Waals surface area contributed by atoms with Gasteiger partial charge in [0.15, 0.2) is 5.82 Å². The van der Waals surface area contributed by atoms with E-state index in [1.54, 1.807) is 23.0 Å². The second kappa shape index (κ2) is 9.78. The largest absolute Gasteiger partial charge is 0.488 e. The van der Waals surface area contributed by atoms with E-state index in [-0.39, 0.29) is 0 Å². The molecule has 9 heteroatoms. The molecular weight excluding hydrogens is 519 g/mol. The van der Waals surface area contributed by atoms with Crippen molar-refractivity contribution in [2.45, 2.75) is 6.61 Å². The van der Waals surface area contributed by atoms with Crippen LogP contribution in [0.4, 0.5) is 0 Å². The molecule has 1 aromatic heterocycles. The SMILES string of the molecule is S=c1[nH]nc(-c2ccccc2)n1/N=C\c1ccc(OCc2ccc(Cl)cc2Cl)c(Br)c1. The third kappa shape index (κ3) is 5.25. The summed E-state index contributed by atoms with van der Waals surface area (Å²) in [4.78, 5) is 0. The van der Waals surface area contributed by atoms with E-state index in [0.29, 0.717) is 33.0 Å². The molecule has 0 amide bonds. The molecule has 0 unspecified atom stereocenters. The zero-order chi connectivity index (χ0) is 21.8. The maximum Gasteiger partial charge on any atom is 0.216 e. The molecule has 0 aliphatic carbocycles. The van der Waals surface area contributed by atoms with Crippen LogP contribution in [-0.4, -0.2) is 21.1 Å². The number of nitrogens with one attached hydrogen (secondary N) is 1. The molecule has 0 radical (unpaired) electrons. The number of H-pyrrole nitrogens is 1. The van der Waals surface area contributed by atoms with Crippen LogP contribution in [0.15, 0.2) is 76.3 Å². The lowest BCUT2D eigenvalue weighted by atomic mass is 10.2. The highest BCUT2D eigenvalue weighted by molar-refractivity contribution is 9.10. The van der Waals surface area contributed by atoms with Crippen LogP contribution >= 0.6 is 51.3 Å². The number of ether oxygens (including phenoxy) is 1. The molecule has 0 saturated heterocycles. The third-order valence-electron chi connectivity index (χ3n) is 4.36. The highest BCUT2D eigenvalue weighted by Gasteiger charge is 2.08. The Morgan fingerprint density at radius 1 is 1.10 bits per heavy atom. The molecule has 31 heavy (non-hydrogen) atoms. The Morgan fingerprint density at radius 3 is 2.65 bits per heavy atom. The molecular formula is C22H15BrCl2N4OS. The first kappa shape index (κ1) is 21.8. The minimum absolute atomic E-state index is 0.326. The number of halogens is 3. The summed E-state index contributed by atoms with van der Waals surface area (Å²) in [6, 6.07) is 20.7. The molecule has 1 heterocycles. The van der Waals surface area contributed by atoms with E-state index in [0.717, 1.165) is 21.2 Å². The molecule has 0 fully saturated rings. The topological polar surface area (TPSA) is 55.2 Å². The molecule has 5 nitrogen and oxygen atoms in total. The lowest BCUT2D eigenvalue weighted by Crippen LogP contribution is -1.98. The van der Waals surface area contributed by atoms with E-state index in [4.69, 9.17) is 40.2 Å². The third-order valence-corrected chi connectivity index (χ3v) is 5.83. The van der Waals surface area contributed by atoms with E-state index in [1.165, 1.54) is 0 Å². The summed E-state index contributed by atoms with van der Waals surface area (Å²) in [5.41, 5.74) is 2.63. The molecule has 4 aromatic rings. The van der Waals surface area contributed by atoms with Gasteiger partial charge in [0.2, 0.25) is 4.77 Å². The van der Waals surface area contributed by atoms with Crippen molar-refractivity contribution in [2.24, 2.45) is 5.10 Å². The second-order valence-electron chi connectivity index (χ2n) is 6.49. The summed E-state index contributed by atoms with van der Waals surface area (Å²) in [7, 11) is 0. The van der Waals surface area contributed by atoms with E-state index in [9.17, 15) is 0 Å². The summed E-state index contributed by atoms with van der Waals surface area (Å²) in [6.45, 7) is 0.326. The zero-order valence-corrected chi connectivity index (χ0v) is 19.8. The summed E-state index contributed by atoms with van der Waals surface area (Å²) >= 11 is 21.0. The second-order valence-corrected chi connectivity index (χ2v) is 8.57. The predicted octanol–water partition coefficient (Wildman–Crippen LogP) is 7.14. The van der Waals surface area contributed by atoms with Crippen molar-refractivity contribution in [1.82, 2.24) is 14.9 Å². The fourth-order valence-corrected chi connectivity index (χ4v) is 3.96. The van der Waals surface area contributed by atoms with E-state index in [1.807, 2.05) is 54.6 Å². The molecule has 156 valence electrons. The van der Waals surface area contributed by atoms with Gasteiger partial charge in [0, 0.05) is 21.2 Å². The monoisotopic (exact) mass is 532 g/mol. The van der Waals surface area contributed by atoms with Crippen LogP contribution in [0, 0.1) is 4.77 Å². The van der Waals surface area contributed by atoms with Crippen molar-refractivity contribution in [3.8, 4) is 17.1 Å². The summed E-state index contributed by atoms with van der Waals surface area (Å²) in [6.07, 6.45) is 1.71. The number of aromatic nitrogens is 3. The van der Waals surface area contributed by atoms with Crippen LogP contribution in [0.25, 0.3) is 11.4 Å². The molecule has 0 saturated carbocycles. The first-order valence-electron chi connectivity index (χ1n) is 9.15. The van der Waals surface area contributed by atoms with Crippen molar-refractivity contribution in [3.05, 3.63) is 97.1 Å². The van der Waals surface area contributed by atoms with E-state index in [2.05, 4.69) is 31.2 Å². The lowest BCUT2D eigenvalue weighted by Gasteiger charge is -2.10.